The molecule has 1 saturated carbocycles. The third-order valence-corrected chi connectivity index (χ3v) is 5.62. The first-order valence-electron chi connectivity index (χ1n) is 6.35. The molecule has 0 atom stereocenters. The lowest BCUT2D eigenvalue weighted by Gasteiger charge is -2.06. The van der Waals surface area contributed by atoms with Gasteiger partial charge in [0.05, 0.1) is 10.6 Å². The lowest BCUT2D eigenvalue weighted by Crippen LogP contribution is -2.29. The largest absolute Gasteiger partial charge is 0.238 e. The predicted molar refractivity (Wildman–Crippen MR) is 76.0 cm³/mol. The summed E-state index contributed by atoms with van der Waals surface area (Å²) in [6, 6.07) is 6.11. The summed E-state index contributed by atoms with van der Waals surface area (Å²) in [5.74, 6) is 0.527. The molecule has 3 N–H and O–H groups in total. The van der Waals surface area contributed by atoms with Crippen LogP contribution in [-0.2, 0) is 26.5 Å². The summed E-state index contributed by atoms with van der Waals surface area (Å²) in [5, 5.41) is 5.00. The van der Waals surface area contributed by atoms with Gasteiger partial charge in [-0.05, 0) is 42.9 Å². The van der Waals surface area contributed by atoms with Gasteiger partial charge in [-0.25, -0.2) is 26.7 Å². The van der Waals surface area contributed by atoms with Crippen LogP contribution >= 0.6 is 0 Å². The van der Waals surface area contributed by atoms with Crippen LogP contribution in [0.4, 0.5) is 0 Å². The first-order valence-corrected chi connectivity index (χ1v) is 9.55. The van der Waals surface area contributed by atoms with E-state index in [1.807, 2.05) is 0 Å². The van der Waals surface area contributed by atoms with Gasteiger partial charge in [-0.15, -0.1) is 0 Å². The molecule has 1 aliphatic rings. The number of primary sulfonamides is 1. The highest BCUT2D eigenvalue weighted by Gasteiger charge is 2.27. The van der Waals surface area contributed by atoms with E-state index in [1.165, 1.54) is 12.1 Å². The molecule has 0 spiro atoms. The van der Waals surface area contributed by atoms with Crippen molar-refractivity contribution in [1.82, 2.24) is 4.72 Å². The van der Waals surface area contributed by atoms with Gasteiger partial charge in [0.1, 0.15) is 0 Å². The van der Waals surface area contributed by atoms with Crippen LogP contribution in [0.5, 0.6) is 0 Å². The zero-order valence-electron chi connectivity index (χ0n) is 10.9. The van der Waals surface area contributed by atoms with Crippen molar-refractivity contribution >= 4 is 20.0 Å². The van der Waals surface area contributed by atoms with Gasteiger partial charge in [-0.2, -0.15) is 0 Å². The van der Waals surface area contributed by atoms with Crippen LogP contribution in [0, 0.1) is 5.92 Å². The van der Waals surface area contributed by atoms with Gasteiger partial charge in [-0.1, -0.05) is 12.1 Å². The van der Waals surface area contributed by atoms with E-state index in [0.29, 0.717) is 18.9 Å². The van der Waals surface area contributed by atoms with Crippen molar-refractivity contribution in [1.29, 1.82) is 0 Å². The zero-order chi connectivity index (χ0) is 14.8. The van der Waals surface area contributed by atoms with Crippen molar-refractivity contribution in [2.45, 2.75) is 24.2 Å². The van der Waals surface area contributed by atoms with Crippen molar-refractivity contribution in [3.05, 3.63) is 29.8 Å². The van der Waals surface area contributed by atoms with E-state index < -0.39 is 20.0 Å². The fraction of sp³-hybridized carbons (Fsp3) is 0.500. The molecule has 0 unspecified atom stereocenters. The Morgan fingerprint density at radius 3 is 2.20 bits per heavy atom. The van der Waals surface area contributed by atoms with Gasteiger partial charge < -0.3 is 0 Å². The van der Waals surface area contributed by atoms with E-state index in [0.717, 1.165) is 18.4 Å². The van der Waals surface area contributed by atoms with Gasteiger partial charge in [0.2, 0.25) is 20.0 Å². The van der Waals surface area contributed by atoms with E-state index in [4.69, 9.17) is 5.14 Å². The van der Waals surface area contributed by atoms with Gasteiger partial charge in [0.25, 0.3) is 0 Å². The first-order chi connectivity index (χ1) is 9.26. The van der Waals surface area contributed by atoms with Crippen molar-refractivity contribution in [3.63, 3.8) is 0 Å². The van der Waals surface area contributed by atoms with Gasteiger partial charge >= 0.3 is 0 Å². The molecule has 1 aromatic carbocycles. The van der Waals surface area contributed by atoms with Crippen LogP contribution in [0.3, 0.4) is 0 Å². The number of rotatable bonds is 7. The summed E-state index contributed by atoms with van der Waals surface area (Å²) in [5.41, 5.74) is 0.853. The van der Waals surface area contributed by atoms with Crippen molar-refractivity contribution in [3.8, 4) is 0 Å². The van der Waals surface area contributed by atoms with E-state index >= 15 is 0 Å². The second kappa shape index (κ2) is 5.80. The van der Waals surface area contributed by atoms with Crippen LogP contribution < -0.4 is 9.86 Å². The molecule has 0 bridgehead atoms. The molecular weight excluding hydrogens is 300 g/mol. The molecule has 1 aliphatic carbocycles. The van der Waals surface area contributed by atoms with E-state index in [-0.39, 0.29) is 10.6 Å². The minimum absolute atomic E-state index is 0.0514. The van der Waals surface area contributed by atoms with Crippen LogP contribution in [0.2, 0.25) is 0 Å². The van der Waals surface area contributed by atoms with Gasteiger partial charge in [0, 0.05) is 6.54 Å². The van der Waals surface area contributed by atoms with Crippen LogP contribution in [0.25, 0.3) is 0 Å². The summed E-state index contributed by atoms with van der Waals surface area (Å²) >= 11 is 0. The third-order valence-electron chi connectivity index (χ3n) is 3.14. The highest BCUT2D eigenvalue weighted by atomic mass is 32.2. The van der Waals surface area contributed by atoms with Crippen molar-refractivity contribution in [2.24, 2.45) is 11.1 Å². The molecule has 2 rings (SSSR count). The highest BCUT2D eigenvalue weighted by Crippen LogP contribution is 2.29. The maximum Gasteiger partial charge on any atom is 0.238 e. The average Bonchev–Trinajstić information content (AvgIpc) is 3.11. The van der Waals surface area contributed by atoms with E-state index in [9.17, 15) is 16.8 Å². The summed E-state index contributed by atoms with van der Waals surface area (Å²) < 4.78 is 48.0. The minimum Gasteiger partial charge on any atom is -0.225 e. The second-order valence-electron chi connectivity index (χ2n) is 5.06. The number of nitrogens with one attached hydrogen (secondary N) is 1. The summed E-state index contributed by atoms with van der Waals surface area (Å²) in [4.78, 5) is 0.0514. The molecule has 1 fully saturated rings. The number of sulfonamides is 2. The molecule has 112 valence electrons. The van der Waals surface area contributed by atoms with Crippen LogP contribution in [0.15, 0.2) is 29.2 Å². The number of benzene rings is 1. The average molecular weight is 318 g/mol. The second-order valence-corrected chi connectivity index (χ2v) is 8.47. The van der Waals surface area contributed by atoms with Gasteiger partial charge in [-0.3, -0.25) is 0 Å². The number of hydrogen-bond donors (Lipinski definition) is 2. The Labute approximate surface area is 119 Å². The first kappa shape index (κ1) is 15.4. The molecule has 0 saturated heterocycles. The fourth-order valence-corrected chi connectivity index (χ4v) is 3.85. The SMILES string of the molecule is NS(=O)(=O)c1ccc(CCNS(=O)(=O)CC2CC2)cc1. The maximum absolute atomic E-state index is 11.6. The summed E-state index contributed by atoms with van der Waals surface area (Å²) in [7, 11) is -6.87. The lowest BCUT2D eigenvalue weighted by molar-refractivity contribution is 0.577. The molecule has 0 aliphatic heterocycles. The number of hydrogen-bond acceptors (Lipinski definition) is 4. The Bertz CT molecular complexity index is 662. The van der Waals surface area contributed by atoms with Crippen molar-refractivity contribution in [2.75, 3.05) is 12.3 Å². The predicted octanol–water partition coefficient (Wildman–Crippen LogP) is 0.206. The molecule has 20 heavy (non-hydrogen) atoms. The van der Waals surface area contributed by atoms with Crippen molar-refractivity contribution < 1.29 is 16.8 Å². The summed E-state index contributed by atoms with van der Waals surface area (Å²) in [6.45, 7) is 0.309. The van der Waals surface area contributed by atoms with Crippen LogP contribution in [0.1, 0.15) is 18.4 Å². The lowest BCUT2D eigenvalue weighted by atomic mass is 10.2. The minimum atomic E-state index is -3.68. The Kier molecular flexibility index (Phi) is 4.48. The normalized spacial score (nSPS) is 16.2. The molecule has 0 aromatic heterocycles. The topological polar surface area (TPSA) is 106 Å². The molecule has 1 aromatic rings. The van der Waals surface area contributed by atoms with E-state index in [2.05, 4.69) is 4.72 Å². The maximum atomic E-state index is 11.6. The fourth-order valence-electron chi connectivity index (χ4n) is 1.85. The van der Waals surface area contributed by atoms with E-state index in [1.54, 1.807) is 12.1 Å². The Morgan fingerprint density at radius 2 is 1.70 bits per heavy atom. The number of nitrogens with two attached hydrogens (primary N) is 1. The quantitative estimate of drug-likeness (QED) is 0.749. The Morgan fingerprint density at radius 1 is 1.10 bits per heavy atom. The Balaban J connectivity index is 1.85. The van der Waals surface area contributed by atoms with Gasteiger partial charge in [0.15, 0.2) is 0 Å². The molecule has 8 heteroatoms. The molecule has 0 radical (unpaired) electrons. The zero-order valence-corrected chi connectivity index (χ0v) is 12.6. The smallest absolute Gasteiger partial charge is 0.225 e. The Hall–Kier alpha value is -0.960. The molecular formula is C12H18N2O4S2. The molecule has 6 nitrogen and oxygen atoms in total. The highest BCUT2D eigenvalue weighted by molar-refractivity contribution is 7.89. The monoisotopic (exact) mass is 318 g/mol. The molecule has 0 heterocycles. The molecule has 0 amide bonds. The standard InChI is InChI=1S/C12H18N2O4S2/c13-20(17,18)12-5-3-10(4-6-12)7-8-14-19(15,16)9-11-1-2-11/h3-6,11,14H,1-2,7-9H2,(H2,13,17,18). The summed E-state index contributed by atoms with van der Waals surface area (Å²) in [6.07, 6.45) is 2.50. The van der Waals surface area contributed by atoms with Crippen LogP contribution in [-0.4, -0.2) is 29.1 Å². The third kappa shape index (κ3) is 4.86.